The van der Waals surface area contributed by atoms with Crippen molar-refractivity contribution in [1.82, 2.24) is 14.3 Å². The summed E-state index contributed by atoms with van der Waals surface area (Å²) in [5.41, 5.74) is 0. The van der Waals surface area contributed by atoms with E-state index >= 15 is 0 Å². The van der Waals surface area contributed by atoms with E-state index in [-0.39, 0.29) is 17.2 Å². The normalized spacial score (nSPS) is 11.6. The van der Waals surface area contributed by atoms with Crippen LogP contribution in [0, 0.1) is 0 Å². The number of nitrogens with one attached hydrogen (secondary N) is 1. The van der Waals surface area contributed by atoms with Crippen molar-refractivity contribution in [2.45, 2.75) is 11.4 Å². The lowest BCUT2D eigenvalue weighted by Crippen LogP contribution is -2.25. The van der Waals surface area contributed by atoms with Crippen molar-refractivity contribution >= 4 is 21.6 Å². The lowest BCUT2D eigenvalue weighted by atomic mass is 10.3. The molecule has 0 fully saturated rings. The highest BCUT2D eigenvalue weighted by molar-refractivity contribution is 7.89. The third-order valence-electron chi connectivity index (χ3n) is 2.76. The molecule has 1 heterocycles. The van der Waals surface area contributed by atoms with Crippen LogP contribution in [0.3, 0.4) is 0 Å². The molecule has 0 aliphatic rings. The molecule has 1 aromatic carbocycles. The molecule has 0 saturated carbocycles. The first kappa shape index (κ1) is 14.8. The van der Waals surface area contributed by atoms with Crippen LogP contribution in [0.2, 0.25) is 5.02 Å². The lowest BCUT2D eigenvalue weighted by Gasteiger charge is -2.11. The SMILES string of the molecule is COc1ccc(Cl)cc1S(=O)(=O)NCc1nccn1C. The number of ether oxygens (including phenoxy) is 1. The summed E-state index contributed by atoms with van der Waals surface area (Å²) >= 11 is 5.84. The Morgan fingerprint density at radius 3 is 2.80 bits per heavy atom. The number of benzene rings is 1. The smallest absolute Gasteiger partial charge is 0.244 e. The summed E-state index contributed by atoms with van der Waals surface area (Å²) in [5, 5.41) is 0.322. The van der Waals surface area contributed by atoms with Gasteiger partial charge in [0.15, 0.2) is 0 Å². The highest BCUT2D eigenvalue weighted by Gasteiger charge is 2.20. The number of imidazole rings is 1. The summed E-state index contributed by atoms with van der Waals surface area (Å²) in [6, 6.07) is 4.43. The lowest BCUT2D eigenvalue weighted by molar-refractivity contribution is 0.402. The van der Waals surface area contributed by atoms with Gasteiger partial charge in [-0.15, -0.1) is 0 Å². The fourth-order valence-electron chi connectivity index (χ4n) is 1.66. The number of nitrogens with zero attached hydrogens (tertiary/aromatic N) is 2. The second-order valence-corrected chi connectivity index (χ2v) is 6.25. The van der Waals surface area contributed by atoms with Crippen molar-refractivity contribution < 1.29 is 13.2 Å². The molecular weight excluding hydrogens is 302 g/mol. The number of sulfonamides is 1. The maximum absolute atomic E-state index is 12.3. The first-order valence-corrected chi connectivity index (χ1v) is 7.59. The summed E-state index contributed by atoms with van der Waals surface area (Å²) in [6.45, 7) is 0.0848. The molecule has 8 heteroatoms. The summed E-state index contributed by atoms with van der Waals surface area (Å²) in [5.74, 6) is 0.844. The fourth-order valence-corrected chi connectivity index (χ4v) is 3.07. The fraction of sp³-hybridized carbons (Fsp3) is 0.250. The first-order valence-electron chi connectivity index (χ1n) is 5.73. The number of aryl methyl sites for hydroxylation is 1. The van der Waals surface area contributed by atoms with Crippen molar-refractivity contribution in [2.24, 2.45) is 7.05 Å². The summed E-state index contributed by atoms with van der Waals surface area (Å²) in [7, 11) is -0.539. The van der Waals surface area contributed by atoms with Crippen LogP contribution in [0.5, 0.6) is 5.75 Å². The van der Waals surface area contributed by atoms with Gasteiger partial charge < -0.3 is 9.30 Å². The predicted octanol–water partition coefficient (Wildman–Crippen LogP) is 1.56. The molecule has 0 saturated heterocycles. The monoisotopic (exact) mass is 315 g/mol. The second-order valence-electron chi connectivity index (χ2n) is 4.07. The molecule has 2 aromatic rings. The van der Waals surface area contributed by atoms with Crippen molar-refractivity contribution in [3.8, 4) is 5.75 Å². The van der Waals surface area contributed by atoms with Gasteiger partial charge in [-0.05, 0) is 18.2 Å². The summed E-state index contributed by atoms with van der Waals surface area (Å²) in [4.78, 5) is 4.05. The Bertz CT molecular complexity index is 712. The van der Waals surface area contributed by atoms with E-state index in [1.165, 1.54) is 19.2 Å². The number of hydrogen-bond acceptors (Lipinski definition) is 4. The van der Waals surface area contributed by atoms with Gasteiger partial charge in [-0.3, -0.25) is 0 Å². The Morgan fingerprint density at radius 2 is 2.20 bits per heavy atom. The molecule has 0 radical (unpaired) electrons. The zero-order valence-corrected chi connectivity index (χ0v) is 12.6. The van der Waals surface area contributed by atoms with Crippen LogP contribution in [-0.2, 0) is 23.6 Å². The first-order chi connectivity index (χ1) is 9.44. The van der Waals surface area contributed by atoms with E-state index in [2.05, 4.69) is 9.71 Å². The maximum atomic E-state index is 12.3. The number of hydrogen-bond donors (Lipinski definition) is 1. The third kappa shape index (κ3) is 3.12. The Morgan fingerprint density at radius 1 is 1.45 bits per heavy atom. The van der Waals surface area contributed by atoms with E-state index in [1.54, 1.807) is 30.1 Å². The Kier molecular flexibility index (Phi) is 4.32. The van der Waals surface area contributed by atoms with Gasteiger partial charge in [-0.2, -0.15) is 0 Å². The number of methoxy groups -OCH3 is 1. The van der Waals surface area contributed by atoms with E-state index < -0.39 is 10.0 Å². The van der Waals surface area contributed by atoms with E-state index in [9.17, 15) is 8.42 Å². The second kappa shape index (κ2) is 5.82. The Labute approximate surface area is 122 Å². The van der Waals surface area contributed by atoms with Crippen molar-refractivity contribution in [3.05, 3.63) is 41.4 Å². The quantitative estimate of drug-likeness (QED) is 0.908. The average molecular weight is 316 g/mol. The molecular formula is C12H14ClN3O3S. The van der Waals surface area contributed by atoms with E-state index in [4.69, 9.17) is 16.3 Å². The molecule has 0 spiro atoms. The minimum atomic E-state index is -3.73. The Balaban J connectivity index is 2.26. The standard InChI is InChI=1S/C12H14ClN3O3S/c1-16-6-5-14-12(16)8-15-20(17,18)11-7-9(13)3-4-10(11)19-2/h3-7,15H,8H2,1-2H3. The summed E-state index contributed by atoms with van der Waals surface area (Å²) in [6.07, 6.45) is 3.34. The molecule has 0 aliphatic heterocycles. The van der Waals surface area contributed by atoms with Gasteiger partial charge in [-0.25, -0.2) is 18.1 Å². The predicted molar refractivity (Wildman–Crippen MR) is 75.2 cm³/mol. The molecule has 0 bridgehead atoms. The highest BCUT2D eigenvalue weighted by Crippen LogP contribution is 2.26. The topological polar surface area (TPSA) is 73.2 Å². The van der Waals surface area contributed by atoms with Gasteiger partial charge in [0, 0.05) is 24.5 Å². The van der Waals surface area contributed by atoms with Crippen LogP contribution in [0.4, 0.5) is 0 Å². The molecule has 2 rings (SSSR count). The third-order valence-corrected chi connectivity index (χ3v) is 4.41. The average Bonchev–Trinajstić information content (AvgIpc) is 2.82. The van der Waals surface area contributed by atoms with Gasteiger partial charge in [0.25, 0.3) is 0 Å². The Hall–Kier alpha value is -1.57. The van der Waals surface area contributed by atoms with Gasteiger partial charge in [-0.1, -0.05) is 11.6 Å². The molecule has 0 atom stereocenters. The molecule has 20 heavy (non-hydrogen) atoms. The van der Waals surface area contributed by atoms with Crippen LogP contribution in [-0.4, -0.2) is 25.1 Å². The molecule has 108 valence electrons. The van der Waals surface area contributed by atoms with E-state index in [0.717, 1.165) is 0 Å². The maximum Gasteiger partial charge on any atom is 0.244 e. The molecule has 1 aromatic heterocycles. The van der Waals surface area contributed by atoms with Gasteiger partial charge in [0.1, 0.15) is 16.5 Å². The number of aromatic nitrogens is 2. The zero-order valence-electron chi connectivity index (χ0n) is 11.0. The van der Waals surface area contributed by atoms with Gasteiger partial charge in [0.2, 0.25) is 10.0 Å². The van der Waals surface area contributed by atoms with E-state index in [0.29, 0.717) is 10.8 Å². The minimum Gasteiger partial charge on any atom is -0.495 e. The molecule has 0 amide bonds. The van der Waals surface area contributed by atoms with Crippen molar-refractivity contribution in [3.63, 3.8) is 0 Å². The molecule has 6 nitrogen and oxygen atoms in total. The van der Waals surface area contributed by atoms with E-state index in [1.807, 2.05) is 0 Å². The van der Waals surface area contributed by atoms with Gasteiger partial charge in [0.05, 0.1) is 13.7 Å². The minimum absolute atomic E-state index is 0.00158. The highest BCUT2D eigenvalue weighted by atomic mass is 35.5. The summed E-state index contributed by atoms with van der Waals surface area (Å²) < 4.78 is 33.8. The molecule has 0 unspecified atom stereocenters. The van der Waals surface area contributed by atoms with Crippen molar-refractivity contribution in [1.29, 1.82) is 0 Å². The van der Waals surface area contributed by atoms with Crippen molar-refractivity contribution in [2.75, 3.05) is 7.11 Å². The number of halogens is 1. The molecule has 1 N–H and O–H groups in total. The van der Waals surface area contributed by atoms with Crippen LogP contribution in [0.15, 0.2) is 35.5 Å². The molecule has 0 aliphatic carbocycles. The van der Waals surface area contributed by atoms with Crippen LogP contribution in [0.25, 0.3) is 0 Å². The largest absolute Gasteiger partial charge is 0.495 e. The zero-order chi connectivity index (χ0) is 14.8. The van der Waals surface area contributed by atoms with Crippen LogP contribution < -0.4 is 9.46 Å². The van der Waals surface area contributed by atoms with Gasteiger partial charge >= 0.3 is 0 Å². The number of rotatable bonds is 5. The van der Waals surface area contributed by atoms with Crippen LogP contribution >= 0.6 is 11.6 Å². The van der Waals surface area contributed by atoms with Crippen LogP contribution in [0.1, 0.15) is 5.82 Å².